The van der Waals surface area contributed by atoms with Gasteiger partial charge < -0.3 is 0 Å². The monoisotopic (exact) mass is 609 g/mol. The Bertz CT molecular complexity index is 3350. The van der Waals surface area contributed by atoms with E-state index in [4.69, 9.17) is 36.9 Å². The molecule has 10 aromatic rings. The molecular weight excluding hydrogens is 571 g/mol. The Morgan fingerprint density at radius 3 is 1.47 bits per heavy atom. The summed E-state index contributed by atoms with van der Waals surface area (Å²) in [6.07, 6.45) is 0. The van der Waals surface area contributed by atoms with Gasteiger partial charge in [0.25, 0.3) is 0 Å². The quantitative estimate of drug-likeness (QED) is 0.200. The minimum absolute atomic E-state index is 0.106. The molecule has 10 rings (SSSR count). The first kappa shape index (κ1) is 13.8. The fourth-order valence-electron chi connectivity index (χ4n) is 5.79. The molecule has 0 amide bonds. The highest BCUT2D eigenvalue weighted by Gasteiger charge is 2.20. The third-order valence-corrected chi connectivity index (χ3v) is 8.86. The average Bonchev–Trinajstić information content (AvgIpc) is 3.94. The van der Waals surface area contributed by atoms with Gasteiger partial charge in [-0.2, -0.15) is 15.0 Å². The van der Waals surface area contributed by atoms with Crippen molar-refractivity contribution in [2.45, 2.75) is 0 Å². The maximum absolute atomic E-state index is 9.09. The predicted octanol–water partition coefficient (Wildman–Crippen LogP) is 10.1. The molecule has 0 atom stereocenters. The number of hydrogen-bond acceptors (Lipinski definition) is 4. The van der Waals surface area contributed by atoms with Crippen LogP contribution in [0.4, 0.5) is 0 Å². The third-order valence-electron chi connectivity index (χ3n) is 7.71. The molecule has 4 heterocycles. The van der Waals surface area contributed by atoms with Gasteiger partial charge in [0, 0.05) is 47.3 Å². The average molecular weight is 610 g/mol. The summed E-state index contributed by atoms with van der Waals surface area (Å²) < 4.78 is 145. The molecule has 5 nitrogen and oxygen atoms in total. The van der Waals surface area contributed by atoms with Crippen LogP contribution in [-0.4, -0.2) is 24.1 Å². The van der Waals surface area contributed by atoms with Gasteiger partial charge >= 0.3 is 0 Å². The van der Waals surface area contributed by atoms with E-state index in [9.17, 15) is 0 Å². The lowest BCUT2D eigenvalue weighted by atomic mass is 10.1. The summed E-state index contributed by atoms with van der Waals surface area (Å²) in [7, 11) is 0. The SMILES string of the molecule is [2H]c1c([2H])c([2H])c2c(c1[2H])c1c([2H])c([2H])c([2H])c([2H])c1n2-c1nc(-c2ccc3sc4ccccc4c3c2)nc(-n2c3c([2H])c([2H])c([2H])c([2H])c3c3c([2H])c([2H])c([2H])c([2H])c32)n1. The number of fused-ring (bicyclic) bond motifs is 9. The summed E-state index contributed by atoms with van der Waals surface area (Å²) in [5, 5.41) is 0.750. The van der Waals surface area contributed by atoms with E-state index >= 15 is 0 Å². The summed E-state index contributed by atoms with van der Waals surface area (Å²) in [6, 6.07) is 2.82. The zero-order chi connectivity index (χ0) is 43.4. The Labute approximate surface area is 283 Å². The number of para-hydroxylation sites is 4. The van der Waals surface area contributed by atoms with Crippen molar-refractivity contribution in [3.8, 4) is 23.3 Å². The maximum atomic E-state index is 9.09. The van der Waals surface area contributed by atoms with Gasteiger partial charge in [-0.05, 0) is 48.4 Å². The van der Waals surface area contributed by atoms with Crippen LogP contribution in [0.2, 0.25) is 0 Å². The summed E-state index contributed by atoms with van der Waals surface area (Å²) in [4.78, 5) is 14.3. The van der Waals surface area contributed by atoms with Crippen molar-refractivity contribution in [3.63, 3.8) is 0 Å². The molecule has 6 heteroatoms. The molecule has 0 bridgehead atoms. The molecule has 4 aromatic heterocycles. The van der Waals surface area contributed by atoms with E-state index in [-0.39, 0.29) is 49.4 Å². The topological polar surface area (TPSA) is 48.5 Å². The van der Waals surface area contributed by atoms with E-state index < -0.39 is 109 Å². The largest absolute Gasteiger partial charge is 0.278 e. The zero-order valence-electron chi connectivity index (χ0n) is 38.7. The molecule has 0 aliphatic rings. The van der Waals surface area contributed by atoms with Crippen LogP contribution in [0.15, 0.2) is 139 Å². The van der Waals surface area contributed by atoms with Gasteiger partial charge in [-0.15, -0.1) is 11.3 Å². The van der Waals surface area contributed by atoms with Crippen molar-refractivity contribution in [2.24, 2.45) is 0 Å². The highest BCUT2D eigenvalue weighted by atomic mass is 32.1. The molecule has 0 saturated heterocycles. The molecule has 45 heavy (non-hydrogen) atoms. The minimum atomic E-state index is -0.685. The highest BCUT2D eigenvalue weighted by Crippen LogP contribution is 2.37. The Balaban J connectivity index is 1.45. The summed E-state index contributed by atoms with van der Waals surface area (Å²) in [5.41, 5.74) is -0.846. The standard InChI is InChI=1S/C39H23N5S/c1-6-16-31-25(11-1)26-12-2-7-17-32(26)43(31)38-40-37(24-21-22-36-30(23-24)29-15-5-10-20-35(29)45-36)41-39(42-38)44-33-18-8-3-13-27(33)28-14-4-9-19-34(28)44/h1-23H/i1D,2D,3D,4D,6D,7D,8D,9D,11D,12D,13D,14D,16D,17D,18D,19D. The molecule has 0 radical (unpaired) electrons. The second kappa shape index (κ2) is 9.32. The van der Waals surface area contributed by atoms with Gasteiger partial charge in [0.2, 0.25) is 11.9 Å². The molecule has 0 aliphatic carbocycles. The minimum Gasteiger partial charge on any atom is -0.278 e. The molecule has 0 spiro atoms. The van der Waals surface area contributed by atoms with Crippen LogP contribution >= 0.6 is 11.3 Å². The predicted molar refractivity (Wildman–Crippen MR) is 187 cm³/mol. The van der Waals surface area contributed by atoms with E-state index in [1.54, 1.807) is 17.4 Å². The second-order valence-electron chi connectivity index (χ2n) is 10.1. The van der Waals surface area contributed by atoms with Crippen molar-refractivity contribution in [2.75, 3.05) is 0 Å². The summed E-state index contributed by atoms with van der Waals surface area (Å²) >= 11 is 1.55. The van der Waals surface area contributed by atoms with E-state index in [1.807, 2.05) is 36.4 Å². The number of benzene rings is 6. The van der Waals surface area contributed by atoms with Crippen LogP contribution in [0.1, 0.15) is 21.9 Å². The van der Waals surface area contributed by atoms with Gasteiger partial charge in [0.15, 0.2) is 5.82 Å². The zero-order valence-corrected chi connectivity index (χ0v) is 23.5. The number of rotatable bonds is 3. The number of nitrogens with zero attached hydrogens (tertiary/aromatic N) is 5. The van der Waals surface area contributed by atoms with Crippen LogP contribution in [0.25, 0.3) is 87.1 Å². The van der Waals surface area contributed by atoms with Crippen LogP contribution in [-0.2, 0) is 0 Å². The first-order chi connectivity index (χ1) is 29.0. The van der Waals surface area contributed by atoms with Crippen molar-refractivity contribution in [1.82, 2.24) is 24.1 Å². The maximum Gasteiger partial charge on any atom is 0.240 e. The molecule has 0 saturated carbocycles. The number of thiophene rings is 1. The lowest BCUT2D eigenvalue weighted by Crippen LogP contribution is -2.10. The highest BCUT2D eigenvalue weighted by molar-refractivity contribution is 7.25. The molecule has 0 N–H and O–H groups in total. The number of hydrogen-bond donors (Lipinski definition) is 0. The molecule has 210 valence electrons. The van der Waals surface area contributed by atoms with E-state index in [2.05, 4.69) is 0 Å². The van der Waals surface area contributed by atoms with Gasteiger partial charge in [0.05, 0.1) is 44.0 Å². The summed E-state index contributed by atoms with van der Waals surface area (Å²) in [5.74, 6) is -0.991. The van der Waals surface area contributed by atoms with Crippen molar-refractivity contribution < 1.29 is 21.9 Å². The first-order valence-corrected chi connectivity index (χ1v) is 14.5. The third kappa shape index (κ3) is 3.57. The smallest absolute Gasteiger partial charge is 0.240 e. The molecule has 0 aliphatic heterocycles. The molecule has 6 aromatic carbocycles. The Morgan fingerprint density at radius 1 is 0.467 bits per heavy atom. The normalized spacial score (nSPS) is 17.0. The Kier molecular flexibility index (Phi) is 2.87. The molecular formula is C39H23N5S. The van der Waals surface area contributed by atoms with Crippen LogP contribution in [0.5, 0.6) is 0 Å². The lowest BCUT2D eigenvalue weighted by Gasteiger charge is -2.12. The fraction of sp³-hybridized carbons (Fsp3) is 0. The van der Waals surface area contributed by atoms with Gasteiger partial charge in [-0.3, -0.25) is 9.13 Å². The van der Waals surface area contributed by atoms with Crippen molar-refractivity contribution in [1.29, 1.82) is 0 Å². The summed E-state index contributed by atoms with van der Waals surface area (Å²) in [6.45, 7) is 0. The van der Waals surface area contributed by atoms with Gasteiger partial charge in [-0.1, -0.05) is 90.7 Å². The van der Waals surface area contributed by atoms with Gasteiger partial charge in [0.1, 0.15) is 0 Å². The van der Waals surface area contributed by atoms with Crippen molar-refractivity contribution >= 4 is 75.1 Å². The van der Waals surface area contributed by atoms with Crippen molar-refractivity contribution in [3.05, 3.63) is 139 Å². The molecule has 0 unspecified atom stereocenters. The second-order valence-corrected chi connectivity index (χ2v) is 11.2. The fourth-order valence-corrected chi connectivity index (χ4v) is 6.88. The number of aromatic nitrogens is 5. The molecule has 0 fully saturated rings. The first-order valence-electron chi connectivity index (χ1n) is 21.7. The van der Waals surface area contributed by atoms with E-state index in [1.165, 1.54) is 0 Å². The Hall–Kier alpha value is -5.85. The van der Waals surface area contributed by atoms with Crippen LogP contribution < -0.4 is 0 Å². The van der Waals surface area contributed by atoms with E-state index in [0.717, 1.165) is 29.3 Å². The Morgan fingerprint density at radius 2 is 0.933 bits per heavy atom. The van der Waals surface area contributed by atoms with E-state index in [0.29, 0.717) is 5.56 Å². The van der Waals surface area contributed by atoms with Gasteiger partial charge in [-0.25, -0.2) is 0 Å². The van der Waals surface area contributed by atoms with Crippen LogP contribution in [0, 0.1) is 0 Å². The van der Waals surface area contributed by atoms with Crippen LogP contribution in [0.3, 0.4) is 0 Å². The lowest BCUT2D eigenvalue weighted by molar-refractivity contribution is 0.893.